The molecular formula is C9H9N3O2S. The number of hydrogen-bond acceptors (Lipinski definition) is 3. The molecule has 0 saturated carbocycles. The Kier molecular flexibility index (Phi) is 2.34. The second-order valence-corrected chi connectivity index (χ2v) is 4.87. The van der Waals surface area contributed by atoms with Crippen LogP contribution < -0.4 is 4.72 Å². The first-order chi connectivity index (χ1) is 7.12. The van der Waals surface area contributed by atoms with Gasteiger partial charge in [-0.3, -0.25) is 4.72 Å². The summed E-state index contributed by atoms with van der Waals surface area (Å²) in [4.78, 5) is 0. The van der Waals surface area contributed by atoms with Gasteiger partial charge in [-0.25, -0.2) is 0 Å². The zero-order valence-corrected chi connectivity index (χ0v) is 8.66. The fourth-order valence-corrected chi connectivity index (χ4v) is 2.23. The van der Waals surface area contributed by atoms with Gasteiger partial charge in [-0.2, -0.15) is 18.0 Å². The summed E-state index contributed by atoms with van der Waals surface area (Å²) in [7, 11) is -3.36. The molecule has 1 aliphatic rings. The SMILES string of the molecule is N#Cc1ccc(NS(=O)(=O)N2CC2)cc1. The zero-order valence-electron chi connectivity index (χ0n) is 7.84. The van der Waals surface area contributed by atoms with Gasteiger partial charge in [-0.15, -0.1) is 0 Å². The Balaban J connectivity index is 2.14. The van der Waals surface area contributed by atoms with Gasteiger partial charge < -0.3 is 0 Å². The predicted octanol–water partition coefficient (Wildman–Crippen LogP) is 0.531. The molecule has 0 aromatic heterocycles. The molecule has 0 unspecified atom stereocenters. The van der Waals surface area contributed by atoms with Crippen molar-refractivity contribution in [3.8, 4) is 6.07 Å². The molecule has 0 amide bonds. The van der Waals surface area contributed by atoms with Crippen molar-refractivity contribution in [2.75, 3.05) is 17.8 Å². The third kappa shape index (κ3) is 2.26. The molecule has 15 heavy (non-hydrogen) atoms. The highest BCUT2D eigenvalue weighted by Crippen LogP contribution is 2.16. The molecule has 0 bridgehead atoms. The Bertz CT molecular complexity index is 497. The van der Waals surface area contributed by atoms with Crippen molar-refractivity contribution in [2.24, 2.45) is 0 Å². The molecule has 1 saturated heterocycles. The van der Waals surface area contributed by atoms with Gasteiger partial charge in [-0.05, 0) is 24.3 Å². The van der Waals surface area contributed by atoms with Gasteiger partial charge in [0.25, 0.3) is 0 Å². The summed E-state index contributed by atoms with van der Waals surface area (Å²) in [6.45, 7) is 1.15. The molecule has 78 valence electrons. The Morgan fingerprint density at radius 1 is 1.27 bits per heavy atom. The molecule has 0 radical (unpaired) electrons. The first-order valence-electron chi connectivity index (χ1n) is 4.40. The van der Waals surface area contributed by atoms with Crippen molar-refractivity contribution in [2.45, 2.75) is 0 Å². The van der Waals surface area contributed by atoms with E-state index in [-0.39, 0.29) is 0 Å². The van der Waals surface area contributed by atoms with Crippen molar-refractivity contribution in [3.05, 3.63) is 29.8 Å². The Morgan fingerprint density at radius 3 is 2.33 bits per heavy atom. The molecule has 0 spiro atoms. The summed E-state index contributed by atoms with van der Waals surface area (Å²) in [5, 5.41) is 8.56. The van der Waals surface area contributed by atoms with E-state index < -0.39 is 10.2 Å². The van der Waals surface area contributed by atoms with E-state index >= 15 is 0 Å². The summed E-state index contributed by atoms with van der Waals surface area (Å²) in [5.41, 5.74) is 0.977. The number of benzene rings is 1. The standard InChI is InChI=1S/C9H9N3O2S/c10-7-8-1-3-9(4-2-8)11-15(13,14)12-5-6-12/h1-4,11H,5-6H2. The highest BCUT2D eigenvalue weighted by molar-refractivity contribution is 7.90. The summed E-state index contributed by atoms with van der Waals surface area (Å²) in [6.07, 6.45) is 0. The van der Waals surface area contributed by atoms with E-state index in [2.05, 4.69) is 4.72 Å². The zero-order chi connectivity index (χ0) is 10.9. The maximum absolute atomic E-state index is 11.5. The average molecular weight is 223 g/mol. The monoisotopic (exact) mass is 223 g/mol. The van der Waals surface area contributed by atoms with Crippen LogP contribution in [0.15, 0.2) is 24.3 Å². The van der Waals surface area contributed by atoms with Crippen LogP contribution in [0.5, 0.6) is 0 Å². The maximum Gasteiger partial charge on any atom is 0.301 e. The molecule has 6 heteroatoms. The largest absolute Gasteiger partial charge is 0.301 e. The number of rotatable bonds is 3. The van der Waals surface area contributed by atoms with E-state index in [1.807, 2.05) is 6.07 Å². The van der Waals surface area contributed by atoms with Crippen LogP contribution in [0, 0.1) is 11.3 Å². The summed E-state index contributed by atoms with van der Waals surface area (Å²) >= 11 is 0. The first kappa shape index (κ1) is 9.96. The van der Waals surface area contributed by atoms with Crippen molar-refractivity contribution in [3.63, 3.8) is 0 Å². The maximum atomic E-state index is 11.5. The quantitative estimate of drug-likeness (QED) is 0.760. The molecule has 1 heterocycles. The number of anilines is 1. The van der Waals surface area contributed by atoms with Crippen LogP contribution in [0.25, 0.3) is 0 Å². The lowest BCUT2D eigenvalue weighted by atomic mass is 10.2. The van der Waals surface area contributed by atoms with Crippen molar-refractivity contribution in [1.82, 2.24) is 4.31 Å². The van der Waals surface area contributed by atoms with E-state index in [0.717, 1.165) is 0 Å². The minimum atomic E-state index is -3.36. The number of nitriles is 1. The Morgan fingerprint density at radius 2 is 1.87 bits per heavy atom. The van der Waals surface area contributed by atoms with Gasteiger partial charge in [0, 0.05) is 18.8 Å². The van der Waals surface area contributed by atoms with E-state index in [4.69, 9.17) is 5.26 Å². The highest BCUT2D eigenvalue weighted by Gasteiger charge is 2.31. The summed E-state index contributed by atoms with van der Waals surface area (Å²) in [6, 6.07) is 8.24. The Hall–Kier alpha value is -1.58. The van der Waals surface area contributed by atoms with Gasteiger partial charge in [0.05, 0.1) is 11.6 Å². The lowest BCUT2D eigenvalue weighted by Crippen LogP contribution is -2.20. The molecule has 1 aromatic rings. The van der Waals surface area contributed by atoms with Crippen LogP contribution in [0.4, 0.5) is 5.69 Å². The topological polar surface area (TPSA) is 73.0 Å². The van der Waals surface area contributed by atoms with Gasteiger partial charge >= 0.3 is 10.2 Å². The molecule has 1 aliphatic heterocycles. The van der Waals surface area contributed by atoms with Crippen LogP contribution in [0.2, 0.25) is 0 Å². The molecule has 2 rings (SSSR count). The molecule has 5 nitrogen and oxygen atoms in total. The van der Waals surface area contributed by atoms with Gasteiger partial charge in [0.2, 0.25) is 0 Å². The first-order valence-corrected chi connectivity index (χ1v) is 5.84. The second-order valence-electron chi connectivity index (χ2n) is 3.20. The minimum absolute atomic E-state index is 0.473. The molecule has 0 aliphatic carbocycles. The lowest BCUT2D eigenvalue weighted by Gasteiger charge is -2.07. The molecule has 0 atom stereocenters. The number of nitrogens with zero attached hydrogens (tertiary/aromatic N) is 2. The fraction of sp³-hybridized carbons (Fsp3) is 0.222. The predicted molar refractivity (Wildman–Crippen MR) is 55.3 cm³/mol. The van der Waals surface area contributed by atoms with Crippen LogP contribution in [0.3, 0.4) is 0 Å². The average Bonchev–Trinajstić information content (AvgIpc) is 3.01. The van der Waals surface area contributed by atoms with Crippen LogP contribution in [0.1, 0.15) is 5.56 Å². The Labute approximate surface area is 88.1 Å². The smallest absolute Gasteiger partial charge is 0.271 e. The molecule has 1 fully saturated rings. The van der Waals surface area contributed by atoms with Crippen molar-refractivity contribution >= 4 is 15.9 Å². The summed E-state index contributed by atoms with van der Waals surface area (Å²) < 4.78 is 26.7. The normalized spacial score (nSPS) is 15.7. The number of hydrogen-bond donors (Lipinski definition) is 1. The van der Waals surface area contributed by atoms with E-state index in [9.17, 15) is 8.42 Å². The lowest BCUT2D eigenvalue weighted by molar-refractivity contribution is 0.569. The van der Waals surface area contributed by atoms with E-state index in [1.54, 1.807) is 24.3 Å². The van der Waals surface area contributed by atoms with Gasteiger partial charge in [-0.1, -0.05) is 0 Å². The summed E-state index contributed by atoms with van der Waals surface area (Å²) in [5.74, 6) is 0. The van der Waals surface area contributed by atoms with Crippen LogP contribution in [-0.4, -0.2) is 25.8 Å². The highest BCUT2D eigenvalue weighted by atomic mass is 32.2. The van der Waals surface area contributed by atoms with Crippen LogP contribution in [-0.2, 0) is 10.2 Å². The minimum Gasteiger partial charge on any atom is -0.271 e. The van der Waals surface area contributed by atoms with Crippen molar-refractivity contribution in [1.29, 1.82) is 5.26 Å². The molecule has 1 N–H and O–H groups in total. The van der Waals surface area contributed by atoms with Crippen molar-refractivity contribution < 1.29 is 8.42 Å². The van der Waals surface area contributed by atoms with E-state index in [1.165, 1.54) is 4.31 Å². The molecular weight excluding hydrogens is 214 g/mol. The third-order valence-electron chi connectivity index (χ3n) is 2.01. The van der Waals surface area contributed by atoms with E-state index in [0.29, 0.717) is 24.3 Å². The second kappa shape index (κ2) is 3.53. The fourth-order valence-electron chi connectivity index (χ4n) is 1.11. The third-order valence-corrected chi connectivity index (χ3v) is 3.55. The van der Waals surface area contributed by atoms with Gasteiger partial charge in [0.1, 0.15) is 0 Å². The number of nitrogens with one attached hydrogen (secondary N) is 1. The van der Waals surface area contributed by atoms with Crippen LogP contribution >= 0.6 is 0 Å². The molecule has 1 aromatic carbocycles. The van der Waals surface area contributed by atoms with Gasteiger partial charge in [0.15, 0.2) is 0 Å².